The number of nitriles is 1. The fraction of sp³-hybridized carbons (Fsp3) is 0.208. The number of nitrogens with zero attached hydrogens (tertiary/aromatic N) is 2. The van der Waals surface area contributed by atoms with Crippen LogP contribution in [0.25, 0.3) is 0 Å². The van der Waals surface area contributed by atoms with Gasteiger partial charge >= 0.3 is 0 Å². The van der Waals surface area contributed by atoms with E-state index in [-0.39, 0.29) is 0 Å². The van der Waals surface area contributed by atoms with Crippen LogP contribution in [0.4, 0.5) is 5.69 Å². The molecule has 3 aromatic rings. The van der Waals surface area contributed by atoms with Crippen molar-refractivity contribution < 1.29 is 4.74 Å². The highest BCUT2D eigenvalue weighted by Gasteiger charge is 2.24. The summed E-state index contributed by atoms with van der Waals surface area (Å²) in [6, 6.07) is 28.7. The SMILES string of the molecule is CN1CCC(c2ccc(OC(C#N)c3ccccc3)cc2)c2ccccc21. The first-order chi connectivity index (χ1) is 13.3. The van der Waals surface area contributed by atoms with E-state index in [0.717, 1.165) is 24.3 Å². The van der Waals surface area contributed by atoms with Gasteiger partial charge < -0.3 is 9.64 Å². The van der Waals surface area contributed by atoms with Crippen LogP contribution in [0.5, 0.6) is 5.75 Å². The topological polar surface area (TPSA) is 36.3 Å². The molecule has 3 aromatic carbocycles. The van der Waals surface area contributed by atoms with Crippen molar-refractivity contribution in [2.75, 3.05) is 18.5 Å². The van der Waals surface area contributed by atoms with Crippen molar-refractivity contribution in [2.24, 2.45) is 0 Å². The van der Waals surface area contributed by atoms with Gasteiger partial charge in [-0.1, -0.05) is 60.7 Å². The smallest absolute Gasteiger partial charge is 0.209 e. The molecule has 0 amide bonds. The van der Waals surface area contributed by atoms with Gasteiger partial charge in [0.1, 0.15) is 11.8 Å². The molecule has 0 spiro atoms. The van der Waals surface area contributed by atoms with Gasteiger partial charge in [0.15, 0.2) is 0 Å². The summed E-state index contributed by atoms with van der Waals surface area (Å²) in [5.74, 6) is 1.11. The molecule has 1 heterocycles. The summed E-state index contributed by atoms with van der Waals surface area (Å²) in [6.07, 6.45) is 0.500. The van der Waals surface area contributed by atoms with E-state index in [9.17, 15) is 5.26 Å². The molecule has 2 unspecified atom stereocenters. The van der Waals surface area contributed by atoms with Crippen molar-refractivity contribution in [3.05, 3.63) is 95.6 Å². The molecule has 0 radical (unpaired) electrons. The third kappa shape index (κ3) is 3.52. The normalized spacial score (nSPS) is 16.9. The molecule has 0 aromatic heterocycles. The van der Waals surface area contributed by atoms with Crippen LogP contribution in [0.2, 0.25) is 0 Å². The Morgan fingerprint density at radius 1 is 0.963 bits per heavy atom. The Hall–Kier alpha value is -3.25. The number of para-hydroxylation sites is 1. The van der Waals surface area contributed by atoms with Crippen LogP contribution in [0.1, 0.15) is 35.1 Å². The van der Waals surface area contributed by atoms with Gasteiger partial charge in [0.05, 0.1) is 0 Å². The molecule has 3 nitrogen and oxygen atoms in total. The summed E-state index contributed by atoms with van der Waals surface area (Å²) < 4.78 is 5.91. The Balaban J connectivity index is 1.55. The molecule has 0 saturated carbocycles. The molecule has 134 valence electrons. The minimum Gasteiger partial charge on any atom is -0.471 e. The largest absolute Gasteiger partial charge is 0.471 e. The van der Waals surface area contributed by atoms with Gasteiger partial charge in [0, 0.05) is 30.8 Å². The van der Waals surface area contributed by atoms with Gasteiger partial charge in [0.2, 0.25) is 6.10 Å². The maximum atomic E-state index is 9.45. The Morgan fingerprint density at radius 2 is 1.67 bits per heavy atom. The third-order valence-electron chi connectivity index (χ3n) is 5.23. The summed E-state index contributed by atoms with van der Waals surface area (Å²) >= 11 is 0. The first-order valence-electron chi connectivity index (χ1n) is 9.27. The first-order valence-corrected chi connectivity index (χ1v) is 9.27. The van der Waals surface area contributed by atoms with Gasteiger partial charge in [-0.25, -0.2) is 0 Å². The average molecular weight is 354 g/mol. The number of fused-ring (bicyclic) bond motifs is 1. The van der Waals surface area contributed by atoms with E-state index < -0.39 is 6.10 Å². The predicted molar refractivity (Wildman–Crippen MR) is 108 cm³/mol. The van der Waals surface area contributed by atoms with Crippen molar-refractivity contribution in [1.29, 1.82) is 5.26 Å². The summed E-state index contributed by atoms with van der Waals surface area (Å²) in [6.45, 7) is 1.05. The molecule has 2 atom stereocenters. The second-order valence-electron chi connectivity index (χ2n) is 6.93. The quantitative estimate of drug-likeness (QED) is 0.638. The molecule has 0 bridgehead atoms. The second-order valence-corrected chi connectivity index (χ2v) is 6.93. The van der Waals surface area contributed by atoms with E-state index in [4.69, 9.17) is 4.74 Å². The molecule has 0 aliphatic carbocycles. The predicted octanol–water partition coefficient (Wildman–Crippen LogP) is 5.30. The lowest BCUT2D eigenvalue weighted by atomic mass is 9.84. The standard InChI is InChI=1S/C24H22N2O/c1-26-16-15-21(22-9-5-6-10-23(22)26)18-11-13-20(14-12-18)27-24(17-25)19-7-3-2-4-8-19/h2-14,21,24H,15-16H2,1H3. The highest BCUT2D eigenvalue weighted by Crippen LogP contribution is 2.39. The van der Waals surface area contributed by atoms with E-state index in [2.05, 4.69) is 54.4 Å². The van der Waals surface area contributed by atoms with E-state index >= 15 is 0 Å². The first kappa shape index (κ1) is 17.2. The lowest BCUT2D eigenvalue weighted by Crippen LogP contribution is -2.27. The second kappa shape index (κ2) is 7.55. The van der Waals surface area contributed by atoms with Crippen LogP contribution in [0.15, 0.2) is 78.9 Å². The zero-order valence-corrected chi connectivity index (χ0v) is 15.4. The molecular formula is C24H22N2O. The van der Waals surface area contributed by atoms with Crippen LogP contribution in [0.3, 0.4) is 0 Å². The van der Waals surface area contributed by atoms with Crippen LogP contribution < -0.4 is 9.64 Å². The third-order valence-corrected chi connectivity index (χ3v) is 5.23. The number of ether oxygens (including phenoxy) is 1. The summed E-state index contributed by atoms with van der Waals surface area (Å²) in [5.41, 5.74) is 4.84. The van der Waals surface area contributed by atoms with E-state index in [1.807, 2.05) is 42.5 Å². The molecular weight excluding hydrogens is 332 g/mol. The van der Waals surface area contributed by atoms with E-state index in [1.165, 1.54) is 16.8 Å². The fourth-order valence-corrected chi connectivity index (χ4v) is 3.79. The number of hydrogen-bond donors (Lipinski definition) is 0. The number of benzene rings is 3. The van der Waals surface area contributed by atoms with Crippen molar-refractivity contribution in [2.45, 2.75) is 18.4 Å². The molecule has 4 rings (SSSR count). The Morgan fingerprint density at radius 3 is 2.41 bits per heavy atom. The average Bonchev–Trinajstić information content (AvgIpc) is 2.74. The summed E-state index contributed by atoms with van der Waals surface area (Å²) in [7, 11) is 2.15. The van der Waals surface area contributed by atoms with Crippen LogP contribution >= 0.6 is 0 Å². The van der Waals surface area contributed by atoms with Gasteiger partial charge in [-0.05, 0) is 35.7 Å². The van der Waals surface area contributed by atoms with Crippen molar-refractivity contribution in [1.82, 2.24) is 0 Å². The molecule has 3 heteroatoms. The highest BCUT2D eigenvalue weighted by atomic mass is 16.5. The van der Waals surface area contributed by atoms with Gasteiger partial charge in [-0.2, -0.15) is 5.26 Å². The van der Waals surface area contributed by atoms with E-state index in [1.54, 1.807) is 0 Å². The van der Waals surface area contributed by atoms with Crippen molar-refractivity contribution in [3.8, 4) is 11.8 Å². The van der Waals surface area contributed by atoms with Crippen molar-refractivity contribution in [3.63, 3.8) is 0 Å². The minimum absolute atomic E-state index is 0.396. The molecule has 27 heavy (non-hydrogen) atoms. The van der Waals surface area contributed by atoms with Crippen molar-refractivity contribution >= 4 is 5.69 Å². The number of rotatable bonds is 4. The van der Waals surface area contributed by atoms with Crippen LogP contribution in [-0.2, 0) is 0 Å². The fourth-order valence-electron chi connectivity index (χ4n) is 3.79. The molecule has 0 saturated heterocycles. The van der Waals surface area contributed by atoms with Crippen LogP contribution in [-0.4, -0.2) is 13.6 Å². The minimum atomic E-state index is -0.596. The maximum absolute atomic E-state index is 9.45. The van der Waals surface area contributed by atoms with Gasteiger partial charge in [-0.15, -0.1) is 0 Å². The Bertz CT molecular complexity index is 944. The summed E-state index contributed by atoms with van der Waals surface area (Å²) in [4.78, 5) is 2.32. The highest BCUT2D eigenvalue weighted by molar-refractivity contribution is 5.59. The number of anilines is 1. The van der Waals surface area contributed by atoms with Gasteiger partial charge in [-0.3, -0.25) is 0 Å². The maximum Gasteiger partial charge on any atom is 0.209 e. The Kier molecular flexibility index (Phi) is 4.80. The monoisotopic (exact) mass is 354 g/mol. The lowest BCUT2D eigenvalue weighted by molar-refractivity contribution is 0.262. The summed E-state index contributed by atoms with van der Waals surface area (Å²) in [5, 5.41) is 9.45. The molecule has 0 N–H and O–H groups in total. The Labute approximate surface area is 160 Å². The van der Waals surface area contributed by atoms with Gasteiger partial charge in [0.25, 0.3) is 0 Å². The van der Waals surface area contributed by atoms with Crippen LogP contribution in [0, 0.1) is 11.3 Å². The zero-order chi connectivity index (χ0) is 18.6. The zero-order valence-electron chi connectivity index (χ0n) is 15.4. The number of hydrogen-bond acceptors (Lipinski definition) is 3. The lowest BCUT2D eigenvalue weighted by Gasteiger charge is -2.33. The molecule has 1 aliphatic heterocycles. The molecule has 1 aliphatic rings. The van der Waals surface area contributed by atoms with E-state index in [0.29, 0.717) is 5.92 Å². The molecule has 0 fully saturated rings.